The average Bonchev–Trinajstić information content (AvgIpc) is 2.91. The smallest absolute Gasteiger partial charge is 0.443 e. The summed E-state index contributed by atoms with van der Waals surface area (Å²) in [5, 5.41) is 0.181. The van der Waals surface area contributed by atoms with E-state index in [0.29, 0.717) is 16.8 Å². The van der Waals surface area contributed by atoms with Crippen molar-refractivity contribution >= 4 is 41.6 Å². The Labute approximate surface area is 158 Å². The van der Waals surface area contributed by atoms with Gasteiger partial charge in [-0.15, -0.1) is 0 Å². The van der Waals surface area contributed by atoms with Crippen LogP contribution in [-0.2, 0) is 14.0 Å². The zero-order chi connectivity index (χ0) is 19.5. The third-order valence-electron chi connectivity index (χ3n) is 4.58. The molecule has 1 aliphatic heterocycles. The van der Waals surface area contributed by atoms with Crippen LogP contribution >= 0.6 is 11.6 Å². The van der Waals surface area contributed by atoms with Crippen molar-refractivity contribution in [2.45, 2.75) is 65.3 Å². The zero-order valence-electron chi connectivity index (χ0n) is 16.1. The molecule has 3 rings (SSSR count). The SMILES string of the molecule is CC(C)(C)OC(=O)n1c(B2OC(C)(C)C(C)(C)O2)cc2ncc(Cl)nc21. The van der Waals surface area contributed by atoms with E-state index < -0.39 is 30.0 Å². The number of carbonyl (C=O) groups is 1. The van der Waals surface area contributed by atoms with Crippen molar-refractivity contribution in [2.75, 3.05) is 0 Å². The molecule has 26 heavy (non-hydrogen) atoms. The van der Waals surface area contributed by atoms with Crippen molar-refractivity contribution in [3.8, 4) is 0 Å². The Morgan fingerprint density at radius 2 is 1.81 bits per heavy atom. The molecule has 0 spiro atoms. The highest BCUT2D eigenvalue weighted by atomic mass is 35.5. The van der Waals surface area contributed by atoms with E-state index in [-0.39, 0.29) is 5.15 Å². The van der Waals surface area contributed by atoms with Crippen molar-refractivity contribution < 1.29 is 18.8 Å². The van der Waals surface area contributed by atoms with E-state index in [1.807, 2.05) is 27.7 Å². The molecule has 2 aromatic rings. The molecule has 0 bridgehead atoms. The quantitative estimate of drug-likeness (QED) is 0.708. The molecule has 0 atom stereocenters. The van der Waals surface area contributed by atoms with Gasteiger partial charge in [-0.2, -0.15) is 0 Å². The molecule has 2 aromatic heterocycles. The standard InChI is InChI=1S/C17H23BClN3O4/c1-15(2,3)24-14(23)22-11(8-10-13(22)21-12(19)9-20-10)18-25-16(4,5)17(6,7)26-18/h8-9H,1-7H3. The Morgan fingerprint density at radius 3 is 2.35 bits per heavy atom. The fraction of sp³-hybridized carbons (Fsp3) is 0.588. The molecule has 9 heteroatoms. The number of fused-ring (bicyclic) bond motifs is 1. The largest absolute Gasteiger partial charge is 0.513 e. The highest BCUT2D eigenvalue weighted by Gasteiger charge is 2.53. The van der Waals surface area contributed by atoms with Gasteiger partial charge in [0.25, 0.3) is 0 Å². The number of rotatable bonds is 1. The third-order valence-corrected chi connectivity index (χ3v) is 4.76. The maximum absolute atomic E-state index is 12.9. The van der Waals surface area contributed by atoms with Crippen LogP contribution in [0.3, 0.4) is 0 Å². The summed E-state index contributed by atoms with van der Waals surface area (Å²) in [5.74, 6) is 0. The Hall–Kier alpha value is -1.64. The van der Waals surface area contributed by atoms with Crippen LogP contribution in [0.5, 0.6) is 0 Å². The van der Waals surface area contributed by atoms with Crippen LogP contribution in [0, 0.1) is 0 Å². The summed E-state index contributed by atoms with van der Waals surface area (Å²) < 4.78 is 19.0. The van der Waals surface area contributed by atoms with Crippen LogP contribution in [0.1, 0.15) is 48.5 Å². The molecule has 1 aliphatic rings. The van der Waals surface area contributed by atoms with E-state index >= 15 is 0 Å². The predicted octanol–water partition coefficient (Wildman–Crippen LogP) is 3.17. The van der Waals surface area contributed by atoms with Crippen molar-refractivity contribution in [3.05, 3.63) is 17.4 Å². The first kappa shape index (κ1) is 19.1. The van der Waals surface area contributed by atoms with Crippen LogP contribution in [0.4, 0.5) is 4.79 Å². The molecule has 7 nitrogen and oxygen atoms in total. The highest BCUT2D eigenvalue weighted by Crippen LogP contribution is 2.36. The summed E-state index contributed by atoms with van der Waals surface area (Å²) in [7, 11) is -0.762. The Morgan fingerprint density at radius 1 is 1.23 bits per heavy atom. The van der Waals surface area contributed by atoms with Gasteiger partial charge in [0, 0.05) is 0 Å². The number of ether oxygens (including phenoxy) is 1. The summed E-state index contributed by atoms with van der Waals surface area (Å²) in [6.45, 7) is 13.2. The van der Waals surface area contributed by atoms with Gasteiger partial charge in [0.05, 0.1) is 23.0 Å². The molecule has 0 saturated carbocycles. The molecule has 0 aliphatic carbocycles. The van der Waals surface area contributed by atoms with E-state index in [1.54, 1.807) is 26.8 Å². The average molecular weight is 380 g/mol. The van der Waals surface area contributed by atoms with Gasteiger partial charge in [-0.3, -0.25) is 0 Å². The number of hydrogen-bond acceptors (Lipinski definition) is 6. The molecule has 0 aromatic carbocycles. The second-order valence-corrected chi connectivity index (χ2v) is 8.76. The van der Waals surface area contributed by atoms with Crippen LogP contribution in [-0.4, -0.2) is 44.5 Å². The summed E-state index contributed by atoms with van der Waals surface area (Å²) in [6.07, 6.45) is 0.839. The summed E-state index contributed by atoms with van der Waals surface area (Å²) in [4.78, 5) is 21.4. The topological polar surface area (TPSA) is 75.5 Å². The van der Waals surface area contributed by atoms with Gasteiger partial charge < -0.3 is 14.0 Å². The molecule has 0 N–H and O–H groups in total. The molecule has 3 heterocycles. The molecular weight excluding hydrogens is 356 g/mol. The monoisotopic (exact) mass is 379 g/mol. The summed E-state index contributed by atoms with van der Waals surface area (Å²) >= 11 is 5.99. The number of aromatic nitrogens is 3. The second-order valence-electron chi connectivity index (χ2n) is 8.37. The van der Waals surface area contributed by atoms with Crippen molar-refractivity contribution in [3.63, 3.8) is 0 Å². The fourth-order valence-corrected chi connectivity index (χ4v) is 2.73. The van der Waals surface area contributed by atoms with E-state index in [2.05, 4.69) is 9.97 Å². The predicted molar refractivity (Wildman–Crippen MR) is 99.9 cm³/mol. The van der Waals surface area contributed by atoms with Gasteiger partial charge in [0.2, 0.25) is 0 Å². The maximum Gasteiger partial charge on any atom is 0.513 e. The lowest BCUT2D eigenvalue weighted by Gasteiger charge is -2.32. The van der Waals surface area contributed by atoms with E-state index in [0.717, 1.165) is 0 Å². The first-order valence-corrected chi connectivity index (χ1v) is 8.81. The van der Waals surface area contributed by atoms with Gasteiger partial charge in [-0.25, -0.2) is 19.3 Å². The summed E-state index contributed by atoms with van der Waals surface area (Å²) in [5.41, 5.74) is -0.500. The van der Waals surface area contributed by atoms with Crippen molar-refractivity contribution in [2.24, 2.45) is 0 Å². The van der Waals surface area contributed by atoms with Crippen LogP contribution in [0.15, 0.2) is 12.3 Å². The van der Waals surface area contributed by atoms with Crippen molar-refractivity contribution in [1.82, 2.24) is 14.5 Å². The van der Waals surface area contributed by atoms with Gasteiger partial charge in [0.1, 0.15) is 16.3 Å². The minimum absolute atomic E-state index is 0.181. The van der Waals surface area contributed by atoms with Gasteiger partial charge in [0.15, 0.2) is 5.65 Å². The molecule has 0 amide bonds. The fourth-order valence-electron chi connectivity index (χ4n) is 2.60. The Balaban J connectivity index is 2.14. The van der Waals surface area contributed by atoms with Gasteiger partial charge >= 0.3 is 13.2 Å². The first-order chi connectivity index (χ1) is 11.8. The molecule has 0 unspecified atom stereocenters. The van der Waals surface area contributed by atoms with E-state index in [1.165, 1.54) is 10.8 Å². The Kier molecular flexibility index (Phi) is 4.37. The number of carbonyl (C=O) groups excluding carboxylic acids is 1. The van der Waals surface area contributed by atoms with Crippen LogP contribution < -0.4 is 5.59 Å². The molecule has 0 radical (unpaired) electrons. The Bertz CT molecular complexity index is 857. The van der Waals surface area contributed by atoms with E-state index in [9.17, 15) is 4.79 Å². The van der Waals surface area contributed by atoms with Gasteiger partial charge in [-0.1, -0.05) is 11.6 Å². The summed E-state index contributed by atoms with van der Waals surface area (Å²) in [6, 6.07) is 1.71. The molecule has 1 fully saturated rings. The second kappa shape index (κ2) is 5.94. The number of hydrogen-bond donors (Lipinski definition) is 0. The lowest BCUT2D eigenvalue weighted by atomic mass is 9.84. The van der Waals surface area contributed by atoms with E-state index in [4.69, 9.17) is 25.6 Å². The maximum atomic E-state index is 12.9. The number of halogens is 1. The third kappa shape index (κ3) is 3.33. The lowest BCUT2D eigenvalue weighted by molar-refractivity contribution is 0.00578. The minimum Gasteiger partial charge on any atom is -0.443 e. The normalized spacial score (nSPS) is 19.2. The lowest BCUT2D eigenvalue weighted by Crippen LogP contribution is -2.43. The first-order valence-electron chi connectivity index (χ1n) is 8.44. The molecule has 1 saturated heterocycles. The van der Waals surface area contributed by atoms with Crippen LogP contribution in [0.25, 0.3) is 11.2 Å². The zero-order valence-corrected chi connectivity index (χ0v) is 16.8. The highest BCUT2D eigenvalue weighted by molar-refractivity contribution is 6.62. The molecule has 140 valence electrons. The van der Waals surface area contributed by atoms with Crippen LogP contribution in [0.2, 0.25) is 5.15 Å². The minimum atomic E-state index is -0.762. The molecular formula is C17H23BClN3O4. The van der Waals surface area contributed by atoms with Crippen molar-refractivity contribution in [1.29, 1.82) is 0 Å². The number of nitrogens with zero attached hydrogens (tertiary/aromatic N) is 3. The van der Waals surface area contributed by atoms with Gasteiger partial charge in [-0.05, 0) is 54.5 Å².